The Bertz CT molecular complexity index is 1100. The van der Waals surface area contributed by atoms with Gasteiger partial charge in [-0.3, -0.25) is 9.69 Å². The molecule has 2 aliphatic heterocycles. The number of nitrogens with zero attached hydrogens (tertiary/aromatic N) is 3. The van der Waals surface area contributed by atoms with Gasteiger partial charge in [0.25, 0.3) is 15.7 Å². The van der Waals surface area contributed by atoms with Crippen molar-refractivity contribution in [3.63, 3.8) is 0 Å². The van der Waals surface area contributed by atoms with Crippen LogP contribution in [0.25, 0.3) is 0 Å². The predicted molar refractivity (Wildman–Crippen MR) is 119 cm³/mol. The SMILES string of the molecule is CCN1C(=O)/C(=C\C=C2/N(CC)c3ccc(S(=O)(=O)C(F)(F)F)cc3N2CC)SC1=S. The molecule has 0 spiro atoms. The number of thioether (sulfide) groups is 1. The number of hydrogen-bond donors (Lipinski definition) is 0. The van der Waals surface area contributed by atoms with Gasteiger partial charge in [0.05, 0.1) is 21.2 Å². The maximum atomic E-state index is 13.0. The molecule has 12 heteroatoms. The minimum atomic E-state index is -5.46. The van der Waals surface area contributed by atoms with Crippen LogP contribution in [0.4, 0.5) is 24.5 Å². The first-order valence-electron chi connectivity index (χ1n) is 9.44. The van der Waals surface area contributed by atoms with Gasteiger partial charge in [-0.1, -0.05) is 24.0 Å². The van der Waals surface area contributed by atoms with E-state index in [4.69, 9.17) is 12.2 Å². The summed E-state index contributed by atoms with van der Waals surface area (Å²) in [6.07, 6.45) is 3.34. The summed E-state index contributed by atoms with van der Waals surface area (Å²) < 4.78 is 63.2. The van der Waals surface area contributed by atoms with E-state index in [0.29, 0.717) is 46.1 Å². The van der Waals surface area contributed by atoms with Gasteiger partial charge in [0.15, 0.2) is 0 Å². The number of rotatable bonds is 5. The standard InChI is InChI=1S/C19H20F3N3O3S3/c1-4-23-13-8-7-12(31(27,28)19(20,21)22)11-14(13)24(5-2)16(23)10-9-15-17(26)25(6-3)18(29)30-15/h7-11H,4-6H2,1-3H3/b15-9+,16-10+. The molecule has 0 bridgehead atoms. The lowest BCUT2D eigenvalue weighted by Gasteiger charge is -2.23. The number of carbonyl (C=O) groups is 1. The van der Waals surface area contributed by atoms with Crippen molar-refractivity contribution in [3.8, 4) is 0 Å². The molecule has 1 fully saturated rings. The molecule has 2 heterocycles. The molecular formula is C19H20F3N3O3S3. The molecule has 0 aliphatic carbocycles. The number of anilines is 2. The Morgan fingerprint density at radius 3 is 2.10 bits per heavy atom. The highest BCUT2D eigenvalue weighted by atomic mass is 32.2. The highest BCUT2D eigenvalue weighted by molar-refractivity contribution is 8.26. The Morgan fingerprint density at radius 1 is 1.00 bits per heavy atom. The molecule has 0 aromatic heterocycles. The second kappa shape index (κ2) is 8.47. The molecule has 1 aromatic carbocycles. The first-order chi connectivity index (χ1) is 14.5. The number of allylic oxidation sites excluding steroid dienone is 2. The van der Waals surface area contributed by atoms with E-state index in [9.17, 15) is 26.4 Å². The van der Waals surface area contributed by atoms with Crippen molar-refractivity contribution in [2.75, 3.05) is 29.4 Å². The third kappa shape index (κ3) is 3.96. The molecule has 168 valence electrons. The van der Waals surface area contributed by atoms with Crippen LogP contribution < -0.4 is 9.80 Å². The Kier molecular flexibility index (Phi) is 6.45. The number of likely N-dealkylation sites (N-methyl/N-ethyl adjacent to an activating group) is 1. The number of amides is 1. The van der Waals surface area contributed by atoms with Gasteiger partial charge in [-0.2, -0.15) is 13.2 Å². The number of fused-ring (bicyclic) bond motifs is 1. The summed E-state index contributed by atoms with van der Waals surface area (Å²) >= 11 is 6.39. The van der Waals surface area contributed by atoms with Crippen molar-refractivity contribution in [2.45, 2.75) is 31.2 Å². The van der Waals surface area contributed by atoms with Crippen LogP contribution >= 0.6 is 24.0 Å². The normalized spacial score (nSPS) is 19.9. The van der Waals surface area contributed by atoms with E-state index in [1.807, 2.05) is 18.7 Å². The largest absolute Gasteiger partial charge is 0.501 e. The second-order valence-corrected chi connectivity index (χ2v) is 10.2. The van der Waals surface area contributed by atoms with E-state index in [2.05, 4.69) is 0 Å². The van der Waals surface area contributed by atoms with Crippen LogP contribution in [0.1, 0.15) is 20.8 Å². The number of halogens is 3. The van der Waals surface area contributed by atoms with E-state index < -0.39 is 20.2 Å². The van der Waals surface area contributed by atoms with Gasteiger partial charge in [0, 0.05) is 19.6 Å². The fourth-order valence-electron chi connectivity index (χ4n) is 3.42. The zero-order valence-electron chi connectivity index (χ0n) is 16.9. The van der Waals surface area contributed by atoms with Gasteiger partial charge in [0.2, 0.25) is 0 Å². The van der Waals surface area contributed by atoms with Gasteiger partial charge in [0.1, 0.15) is 10.1 Å². The second-order valence-electron chi connectivity index (χ2n) is 6.56. The molecule has 0 radical (unpaired) electrons. The summed E-state index contributed by atoms with van der Waals surface area (Å²) in [5, 5.41) is 0. The van der Waals surface area contributed by atoms with Crippen LogP contribution in [0.3, 0.4) is 0 Å². The third-order valence-electron chi connectivity index (χ3n) is 4.90. The Balaban J connectivity index is 2.06. The molecular weight excluding hydrogens is 471 g/mol. The zero-order chi connectivity index (χ0) is 23.1. The van der Waals surface area contributed by atoms with Crippen molar-refractivity contribution in [1.82, 2.24) is 4.90 Å². The number of alkyl halides is 3. The summed E-state index contributed by atoms with van der Waals surface area (Å²) in [4.78, 5) is 17.1. The van der Waals surface area contributed by atoms with Gasteiger partial charge in [-0.15, -0.1) is 0 Å². The topological polar surface area (TPSA) is 60.9 Å². The zero-order valence-corrected chi connectivity index (χ0v) is 19.4. The minimum Gasteiger partial charge on any atom is -0.326 e. The Labute approximate surface area is 188 Å². The minimum absolute atomic E-state index is 0.200. The van der Waals surface area contributed by atoms with Crippen molar-refractivity contribution in [2.24, 2.45) is 0 Å². The van der Waals surface area contributed by atoms with Gasteiger partial charge in [-0.05, 0) is 51.1 Å². The number of carbonyl (C=O) groups excluding carboxylic acids is 1. The molecule has 0 atom stereocenters. The lowest BCUT2D eigenvalue weighted by Crippen LogP contribution is -2.28. The molecule has 6 nitrogen and oxygen atoms in total. The molecule has 1 amide bonds. The van der Waals surface area contributed by atoms with E-state index in [1.165, 1.54) is 22.7 Å². The third-order valence-corrected chi connectivity index (χ3v) is 7.78. The molecule has 1 saturated heterocycles. The molecule has 1 aromatic rings. The van der Waals surface area contributed by atoms with Crippen LogP contribution in [-0.2, 0) is 14.6 Å². The summed E-state index contributed by atoms with van der Waals surface area (Å²) in [6.45, 7) is 6.83. The summed E-state index contributed by atoms with van der Waals surface area (Å²) in [7, 11) is -5.46. The van der Waals surface area contributed by atoms with Crippen LogP contribution in [0, 0.1) is 0 Å². The summed E-state index contributed by atoms with van der Waals surface area (Å²) in [5.41, 5.74) is -4.43. The first-order valence-corrected chi connectivity index (χ1v) is 12.1. The van der Waals surface area contributed by atoms with Gasteiger partial charge < -0.3 is 9.80 Å². The van der Waals surface area contributed by atoms with Crippen LogP contribution in [0.15, 0.2) is 46.0 Å². The van der Waals surface area contributed by atoms with E-state index in [-0.39, 0.29) is 5.91 Å². The molecule has 0 saturated carbocycles. The molecule has 0 unspecified atom stereocenters. The van der Waals surface area contributed by atoms with Gasteiger partial charge >= 0.3 is 5.51 Å². The predicted octanol–water partition coefficient (Wildman–Crippen LogP) is 4.25. The highest BCUT2D eigenvalue weighted by Gasteiger charge is 2.47. The average molecular weight is 492 g/mol. The quantitative estimate of drug-likeness (QED) is 0.451. The molecule has 3 rings (SSSR count). The number of benzene rings is 1. The molecule has 31 heavy (non-hydrogen) atoms. The van der Waals surface area contributed by atoms with Crippen molar-refractivity contribution >= 4 is 55.4 Å². The maximum Gasteiger partial charge on any atom is 0.501 e. The van der Waals surface area contributed by atoms with Crippen LogP contribution in [-0.4, -0.2) is 48.7 Å². The Hall–Kier alpha value is -2.05. The van der Waals surface area contributed by atoms with Crippen molar-refractivity contribution < 1.29 is 26.4 Å². The first kappa shape index (κ1) is 23.6. The lowest BCUT2D eigenvalue weighted by molar-refractivity contribution is -0.122. The van der Waals surface area contributed by atoms with Crippen molar-refractivity contribution in [3.05, 3.63) is 41.1 Å². The summed E-state index contributed by atoms with van der Waals surface area (Å²) in [6, 6.07) is 3.38. The summed E-state index contributed by atoms with van der Waals surface area (Å²) in [5.74, 6) is 0.429. The fraction of sp³-hybridized carbons (Fsp3) is 0.368. The van der Waals surface area contributed by atoms with E-state index in [0.717, 1.165) is 12.1 Å². The van der Waals surface area contributed by atoms with Crippen molar-refractivity contribution in [1.29, 1.82) is 0 Å². The molecule has 0 N–H and O–H groups in total. The van der Waals surface area contributed by atoms with E-state index in [1.54, 1.807) is 24.0 Å². The highest BCUT2D eigenvalue weighted by Crippen LogP contribution is 2.44. The van der Waals surface area contributed by atoms with Crippen LogP contribution in [0.5, 0.6) is 0 Å². The van der Waals surface area contributed by atoms with E-state index >= 15 is 0 Å². The monoisotopic (exact) mass is 491 g/mol. The number of sulfone groups is 1. The van der Waals surface area contributed by atoms with Crippen LogP contribution in [0.2, 0.25) is 0 Å². The number of hydrogen-bond acceptors (Lipinski definition) is 7. The number of thiocarbonyl (C=S) groups is 1. The maximum absolute atomic E-state index is 13.0. The fourth-order valence-corrected chi connectivity index (χ4v) is 5.53. The smallest absolute Gasteiger partial charge is 0.326 e. The lowest BCUT2D eigenvalue weighted by atomic mass is 10.2. The molecule has 2 aliphatic rings. The average Bonchev–Trinajstić information content (AvgIpc) is 3.16. The Morgan fingerprint density at radius 2 is 1.58 bits per heavy atom. The van der Waals surface area contributed by atoms with Gasteiger partial charge in [-0.25, -0.2) is 8.42 Å².